The van der Waals surface area contributed by atoms with Crippen LogP contribution < -0.4 is 5.32 Å². The van der Waals surface area contributed by atoms with E-state index in [0.29, 0.717) is 17.8 Å². The molecule has 0 atom stereocenters. The average Bonchev–Trinajstić information content (AvgIpc) is 3.02. The summed E-state index contributed by atoms with van der Waals surface area (Å²) >= 11 is 0. The predicted octanol–water partition coefficient (Wildman–Crippen LogP) is 1.64. The predicted molar refractivity (Wildman–Crippen MR) is 63.2 cm³/mol. The van der Waals surface area contributed by atoms with Crippen LogP contribution in [-0.4, -0.2) is 23.4 Å². The molecule has 0 aliphatic heterocycles. The molecule has 1 saturated carbocycles. The molecule has 1 aromatic carbocycles. The van der Waals surface area contributed by atoms with E-state index in [1.54, 1.807) is 12.1 Å². The maximum absolute atomic E-state index is 9.14. The molecule has 0 spiro atoms. The molecule has 0 heterocycles. The van der Waals surface area contributed by atoms with Gasteiger partial charge in [0.05, 0.1) is 0 Å². The van der Waals surface area contributed by atoms with Crippen LogP contribution in [0.4, 0.5) is 0 Å². The van der Waals surface area contributed by atoms with Crippen molar-refractivity contribution < 1.29 is 10.2 Å². The van der Waals surface area contributed by atoms with Crippen molar-refractivity contribution in [1.29, 1.82) is 0 Å². The number of aromatic hydroxyl groups is 1. The lowest BCUT2D eigenvalue weighted by Gasteiger charge is -2.14. The number of benzene rings is 1. The molecule has 88 valence electrons. The number of hydrogen-bond acceptors (Lipinski definition) is 3. The number of nitrogens with one attached hydrogen (secondary N) is 1. The normalized spacial score (nSPS) is 17.3. The van der Waals surface area contributed by atoms with Crippen molar-refractivity contribution in [2.24, 2.45) is 5.41 Å². The quantitative estimate of drug-likeness (QED) is 0.684. The Bertz CT molecular complexity index is 330. The molecule has 16 heavy (non-hydrogen) atoms. The fourth-order valence-corrected chi connectivity index (χ4v) is 2.01. The molecule has 0 saturated heterocycles. The van der Waals surface area contributed by atoms with Crippen LogP contribution in [0.3, 0.4) is 0 Å². The van der Waals surface area contributed by atoms with Gasteiger partial charge in [0.1, 0.15) is 5.75 Å². The van der Waals surface area contributed by atoms with Gasteiger partial charge in [0, 0.05) is 19.7 Å². The number of rotatable bonds is 6. The minimum atomic E-state index is 0.293. The number of aliphatic hydroxyl groups excluding tert-OH is 1. The molecule has 2 rings (SSSR count). The van der Waals surface area contributed by atoms with E-state index in [1.807, 2.05) is 12.1 Å². The molecular weight excluding hydrogens is 202 g/mol. The summed E-state index contributed by atoms with van der Waals surface area (Å²) in [6, 6.07) is 7.26. The third kappa shape index (κ3) is 2.97. The molecule has 0 radical (unpaired) electrons. The van der Waals surface area contributed by atoms with E-state index in [-0.39, 0.29) is 0 Å². The van der Waals surface area contributed by atoms with Crippen molar-refractivity contribution in [3.63, 3.8) is 0 Å². The first-order valence-corrected chi connectivity index (χ1v) is 5.84. The molecule has 1 aromatic rings. The molecule has 3 nitrogen and oxygen atoms in total. The van der Waals surface area contributed by atoms with Gasteiger partial charge in [0.15, 0.2) is 0 Å². The van der Waals surface area contributed by atoms with Gasteiger partial charge in [-0.3, -0.25) is 0 Å². The average molecular weight is 221 g/mol. The van der Waals surface area contributed by atoms with Crippen molar-refractivity contribution >= 4 is 0 Å². The molecule has 0 bridgehead atoms. The van der Waals surface area contributed by atoms with Crippen molar-refractivity contribution in [3.8, 4) is 5.75 Å². The van der Waals surface area contributed by atoms with Crippen LogP contribution in [0.2, 0.25) is 0 Å². The highest BCUT2D eigenvalue weighted by atomic mass is 16.3. The summed E-state index contributed by atoms with van der Waals surface area (Å²) in [6.45, 7) is 2.10. The Balaban J connectivity index is 1.74. The molecule has 0 amide bonds. The molecule has 1 aliphatic carbocycles. The Hall–Kier alpha value is -1.06. The zero-order valence-electron chi connectivity index (χ0n) is 9.45. The van der Waals surface area contributed by atoms with Crippen LogP contribution in [-0.2, 0) is 6.54 Å². The van der Waals surface area contributed by atoms with Crippen molar-refractivity contribution in [1.82, 2.24) is 5.32 Å². The van der Waals surface area contributed by atoms with E-state index in [4.69, 9.17) is 10.2 Å². The maximum Gasteiger partial charge on any atom is 0.115 e. The molecule has 1 aliphatic rings. The fraction of sp³-hybridized carbons (Fsp3) is 0.538. The summed E-state index contributed by atoms with van der Waals surface area (Å²) in [5.74, 6) is 0.308. The Morgan fingerprint density at radius 3 is 2.44 bits per heavy atom. The van der Waals surface area contributed by atoms with Crippen LogP contribution in [0.15, 0.2) is 24.3 Å². The number of hydrogen-bond donors (Lipinski definition) is 3. The summed E-state index contributed by atoms with van der Waals surface area (Å²) in [5, 5.41) is 21.5. The summed E-state index contributed by atoms with van der Waals surface area (Å²) in [6.07, 6.45) is 3.38. The number of phenolic OH excluding ortho intramolecular Hbond substituents is 1. The summed E-state index contributed by atoms with van der Waals surface area (Å²) in [4.78, 5) is 0. The van der Waals surface area contributed by atoms with Crippen LogP contribution in [0, 0.1) is 5.41 Å². The smallest absolute Gasteiger partial charge is 0.115 e. The highest BCUT2D eigenvalue weighted by Crippen LogP contribution is 2.47. The second-order valence-corrected chi connectivity index (χ2v) is 4.74. The van der Waals surface area contributed by atoms with Gasteiger partial charge in [-0.2, -0.15) is 0 Å². The summed E-state index contributed by atoms with van der Waals surface area (Å²) < 4.78 is 0. The molecule has 1 fully saturated rings. The van der Waals surface area contributed by atoms with Gasteiger partial charge < -0.3 is 15.5 Å². The lowest BCUT2D eigenvalue weighted by Crippen LogP contribution is -2.24. The SMILES string of the molecule is OCCC1(CNCc2ccc(O)cc2)CC1. The molecule has 0 aromatic heterocycles. The largest absolute Gasteiger partial charge is 0.508 e. The van der Waals surface area contributed by atoms with E-state index in [9.17, 15) is 0 Å². The Labute approximate surface area is 96.1 Å². The van der Waals surface area contributed by atoms with Gasteiger partial charge in [-0.05, 0) is 42.4 Å². The second-order valence-electron chi connectivity index (χ2n) is 4.74. The van der Waals surface area contributed by atoms with E-state index in [1.165, 1.54) is 18.4 Å². The van der Waals surface area contributed by atoms with Crippen molar-refractivity contribution in [2.45, 2.75) is 25.8 Å². The molecule has 3 N–H and O–H groups in total. The van der Waals surface area contributed by atoms with Crippen LogP contribution in [0.5, 0.6) is 5.75 Å². The molecular formula is C13H19NO2. The minimum absolute atomic E-state index is 0.293. The number of aliphatic hydroxyl groups is 1. The highest BCUT2D eigenvalue weighted by Gasteiger charge is 2.41. The first-order chi connectivity index (χ1) is 7.74. The zero-order chi connectivity index (χ0) is 11.4. The van der Waals surface area contributed by atoms with E-state index < -0.39 is 0 Å². The van der Waals surface area contributed by atoms with Gasteiger partial charge in [0.2, 0.25) is 0 Å². The Morgan fingerprint density at radius 2 is 1.88 bits per heavy atom. The van der Waals surface area contributed by atoms with Crippen LogP contribution in [0.1, 0.15) is 24.8 Å². The lowest BCUT2D eigenvalue weighted by atomic mass is 10.0. The monoisotopic (exact) mass is 221 g/mol. The zero-order valence-corrected chi connectivity index (χ0v) is 9.45. The van der Waals surface area contributed by atoms with Crippen molar-refractivity contribution in [3.05, 3.63) is 29.8 Å². The van der Waals surface area contributed by atoms with Crippen LogP contribution in [0.25, 0.3) is 0 Å². The maximum atomic E-state index is 9.14. The second kappa shape index (κ2) is 4.85. The standard InChI is InChI=1S/C13H19NO2/c15-8-7-13(5-6-13)10-14-9-11-1-3-12(16)4-2-11/h1-4,14-16H,5-10H2. The van der Waals surface area contributed by atoms with Gasteiger partial charge in [-0.25, -0.2) is 0 Å². The first kappa shape index (κ1) is 11.4. The van der Waals surface area contributed by atoms with E-state index >= 15 is 0 Å². The fourth-order valence-electron chi connectivity index (χ4n) is 2.01. The third-order valence-electron chi connectivity index (χ3n) is 3.36. The highest BCUT2D eigenvalue weighted by molar-refractivity contribution is 5.25. The van der Waals surface area contributed by atoms with Gasteiger partial charge in [-0.15, -0.1) is 0 Å². The Kier molecular flexibility index (Phi) is 3.46. The summed E-state index contributed by atoms with van der Waals surface area (Å²) in [7, 11) is 0. The van der Waals surface area contributed by atoms with E-state index in [2.05, 4.69) is 5.32 Å². The lowest BCUT2D eigenvalue weighted by molar-refractivity contribution is 0.245. The van der Waals surface area contributed by atoms with Gasteiger partial charge in [0.25, 0.3) is 0 Å². The molecule has 0 unspecified atom stereocenters. The third-order valence-corrected chi connectivity index (χ3v) is 3.36. The van der Waals surface area contributed by atoms with Gasteiger partial charge in [-0.1, -0.05) is 12.1 Å². The Morgan fingerprint density at radius 1 is 1.19 bits per heavy atom. The first-order valence-electron chi connectivity index (χ1n) is 5.84. The number of phenols is 1. The van der Waals surface area contributed by atoms with Crippen molar-refractivity contribution in [2.75, 3.05) is 13.2 Å². The summed E-state index contributed by atoms with van der Waals surface area (Å²) in [5.41, 5.74) is 1.55. The molecule has 3 heteroatoms. The van der Waals surface area contributed by atoms with Gasteiger partial charge >= 0.3 is 0 Å². The van der Waals surface area contributed by atoms with E-state index in [0.717, 1.165) is 19.5 Å². The minimum Gasteiger partial charge on any atom is -0.508 e. The topological polar surface area (TPSA) is 52.5 Å². The van der Waals surface area contributed by atoms with Crippen LogP contribution >= 0.6 is 0 Å².